The zero-order valence-corrected chi connectivity index (χ0v) is 13.7. The first-order valence-electron chi connectivity index (χ1n) is 8.01. The molecule has 2 atom stereocenters. The normalized spacial score (nSPS) is 20.0. The van der Waals surface area contributed by atoms with Gasteiger partial charge in [0.25, 0.3) is 0 Å². The molecule has 24 heavy (non-hydrogen) atoms. The maximum Gasteiger partial charge on any atom is 0.508 e. The molecule has 2 N–H and O–H groups in total. The monoisotopic (exact) mass is 341 g/mol. The average molecular weight is 341 g/mol. The minimum Gasteiger partial charge on any atom is -0.434 e. The van der Waals surface area contributed by atoms with E-state index in [2.05, 4.69) is 11.9 Å². The smallest absolute Gasteiger partial charge is 0.434 e. The molecule has 9 heteroatoms. The van der Waals surface area contributed by atoms with Crippen molar-refractivity contribution in [2.24, 2.45) is 0 Å². The van der Waals surface area contributed by atoms with E-state index in [9.17, 15) is 9.59 Å². The quantitative estimate of drug-likeness (QED) is 0.558. The molecule has 2 heterocycles. The predicted molar refractivity (Wildman–Crippen MR) is 84.2 cm³/mol. The van der Waals surface area contributed by atoms with Gasteiger partial charge in [-0.2, -0.15) is 4.98 Å². The molecule has 134 valence electrons. The molecule has 1 fully saturated rings. The first-order chi connectivity index (χ1) is 11.6. The number of rotatable bonds is 8. The molecule has 1 saturated heterocycles. The van der Waals surface area contributed by atoms with Gasteiger partial charge in [0, 0.05) is 6.20 Å². The van der Waals surface area contributed by atoms with Crippen molar-refractivity contribution in [1.82, 2.24) is 9.55 Å². The van der Waals surface area contributed by atoms with Crippen LogP contribution in [-0.2, 0) is 18.9 Å². The van der Waals surface area contributed by atoms with Crippen LogP contribution in [0, 0.1) is 0 Å². The van der Waals surface area contributed by atoms with E-state index in [4.69, 9.17) is 24.7 Å². The molecule has 0 unspecified atom stereocenters. The van der Waals surface area contributed by atoms with Gasteiger partial charge in [0.05, 0.1) is 13.2 Å². The number of carbonyl (C=O) groups is 1. The maximum atomic E-state index is 11.7. The second kappa shape index (κ2) is 9.24. The lowest BCUT2D eigenvalue weighted by Crippen LogP contribution is -2.29. The van der Waals surface area contributed by atoms with E-state index < -0.39 is 24.4 Å². The van der Waals surface area contributed by atoms with E-state index in [1.807, 2.05) is 0 Å². The van der Waals surface area contributed by atoms with Crippen LogP contribution in [0.2, 0.25) is 0 Å². The van der Waals surface area contributed by atoms with Gasteiger partial charge in [-0.15, -0.1) is 0 Å². The summed E-state index contributed by atoms with van der Waals surface area (Å²) >= 11 is 0. The summed E-state index contributed by atoms with van der Waals surface area (Å²) in [5, 5.41) is 0. The summed E-state index contributed by atoms with van der Waals surface area (Å²) in [6.07, 6.45) is 3.40. The van der Waals surface area contributed by atoms with Gasteiger partial charge in [0.1, 0.15) is 12.4 Å². The third-order valence-corrected chi connectivity index (χ3v) is 3.45. The fourth-order valence-corrected chi connectivity index (χ4v) is 2.18. The van der Waals surface area contributed by atoms with E-state index in [-0.39, 0.29) is 19.0 Å². The summed E-state index contributed by atoms with van der Waals surface area (Å²) in [6.45, 7) is 2.48. The summed E-state index contributed by atoms with van der Waals surface area (Å²) in [6, 6.07) is 1.49. The number of nitrogens with two attached hydrogens (primary N) is 1. The molecule has 0 bridgehead atoms. The first-order valence-corrected chi connectivity index (χ1v) is 8.01. The van der Waals surface area contributed by atoms with Gasteiger partial charge in [0.15, 0.2) is 12.5 Å². The van der Waals surface area contributed by atoms with Crippen molar-refractivity contribution in [3.05, 3.63) is 22.7 Å². The molecular formula is C15H23N3O6. The van der Waals surface area contributed by atoms with Crippen molar-refractivity contribution in [2.75, 3.05) is 25.6 Å². The van der Waals surface area contributed by atoms with Crippen LogP contribution in [0.5, 0.6) is 0 Å². The van der Waals surface area contributed by atoms with Crippen molar-refractivity contribution in [3.63, 3.8) is 0 Å². The molecule has 1 aliphatic rings. The molecule has 0 saturated carbocycles. The highest BCUT2D eigenvalue weighted by Crippen LogP contribution is 2.19. The number of aromatic nitrogens is 2. The summed E-state index contributed by atoms with van der Waals surface area (Å²) in [5.74, 6) is 0.136. The SMILES string of the molecule is CCCCCCOC(=O)OC[C@H]1OC[C@@H](n2ccc(N)nc2=O)O1. The lowest BCUT2D eigenvalue weighted by atomic mass is 10.2. The number of unbranched alkanes of at least 4 members (excludes halogenated alkanes) is 3. The highest BCUT2D eigenvalue weighted by atomic mass is 16.8. The summed E-state index contributed by atoms with van der Waals surface area (Å²) < 4.78 is 22.0. The van der Waals surface area contributed by atoms with Gasteiger partial charge in [-0.3, -0.25) is 4.57 Å². The van der Waals surface area contributed by atoms with Crippen molar-refractivity contribution in [2.45, 2.75) is 45.1 Å². The number of hydrogen-bond donors (Lipinski definition) is 1. The van der Waals surface area contributed by atoms with Crippen molar-refractivity contribution < 1.29 is 23.7 Å². The lowest BCUT2D eigenvalue weighted by Gasteiger charge is -2.13. The number of ether oxygens (including phenoxy) is 4. The molecule has 1 aromatic rings. The molecule has 2 rings (SSSR count). The van der Waals surface area contributed by atoms with Crippen LogP contribution in [0.25, 0.3) is 0 Å². The molecule has 0 radical (unpaired) electrons. The van der Waals surface area contributed by atoms with Crippen LogP contribution in [0.1, 0.15) is 38.8 Å². The van der Waals surface area contributed by atoms with Gasteiger partial charge in [0.2, 0.25) is 0 Å². The summed E-state index contributed by atoms with van der Waals surface area (Å²) in [7, 11) is 0. The Kier molecular flexibility index (Phi) is 7.01. The second-order valence-corrected chi connectivity index (χ2v) is 5.37. The first kappa shape index (κ1) is 18.2. The minimum absolute atomic E-state index is 0.110. The van der Waals surface area contributed by atoms with Crippen LogP contribution in [-0.4, -0.2) is 41.8 Å². The number of anilines is 1. The molecule has 0 aliphatic carbocycles. The molecule has 9 nitrogen and oxygen atoms in total. The highest BCUT2D eigenvalue weighted by molar-refractivity contribution is 5.59. The fourth-order valence-electron chi connectivity index (χ4n) is 2.18. The Morgan fingerprint density at radius 2 is 2.25 bits per heavy atom. The fraction of sp³-hybridized carbons (Fsp3) is 0.667. The third kappa shape index (κ3) is 5.50. The molecule has 0 aromatic carbocycles. The van der Waals surface area contributed by atoms with Crippen LogP contribution < -0.4 is 11.4 Å². The van der Waals surface area contributed by atoms with Crippen molar-refractivity contribution in [3.8, 4) is 0 Å². The molecular weight excluding hydrogens is 318 g/mol. The number of nitrogens with zero attached hydrogens (tertiary/aromatic N) is 2. The van der Waals surface area contributed by atoms with Gasteiger partial charge in [-0.1, -0.05) is 26.2 Å². The maximum absolute atomic E-state index is 11.7. The second-order valence-electron chi connectivity index (χ2n) is 5.37. The summed E-state index contributed by atoms with van der Waals surface area (Å²) in [4.78, 5) is 26.8. The average Bonchev–Trinajstić information content (AvgIpc) is 3.01. The molecule has 1 aliphatic heterocycles. The number of nitrogen functional groups attached to an aromatic ring is 1. The standard InChI is InChI=1S/C15H23N3O6/c1-2-3-4-5-8-21-15(20)23-10-13-22-9-12(24-13)18-7-6-11(16)17-14(18)19/h6-7,12-13H,2-5,8-10H2,1H3,(H2,16,17,19)/t12-,13-/m0/s1. The van der Waals surface area contributed by atoms with E-state index in [0.29, 0.717) is 6.61 Å². The minimum atomic E-state index is -0.757. The third-order valence-electron chi connectivity index (χ3n) is 3.45. The van der Waals surface area contributed by atoms with Crippen LogP contribution in [0.3, 0.4) is 0 Å². The largest absolute Gasteiger partial charge is 0.508 e. The van der Waals surface area contributed by atoms with Crippen molar-refractivity contribution in [1.29, 1.82) is 0 Å². The van der Waals surface area contributed by atoms with Gasteiger partial charge in [-0.25, -0.2) is 9.59 Å². The Morgan fingerprint density at radius 1 is 1.42 bits per heavy atom. The van der Waals surface area contributed by atoms with Gasteiger partial charge < -0.3 is 24.7 Å². The van der Waals surface area contributed by atoms with Crippen molar-refractivity contribution >= 4 is 12.0 Å². The zero-order chi connectivity index (χ0) is 17.4. The van der Waals surface area contributed by atoms with E-state index in [1.54, 1.807) is 0 Å². The predicted octanol–water partition coefficient (Wildman–Crippen LogP) is 1.43. The Labute approximate surface area is 139 Å². The number of hydrogen-bond acceptors (Lipinski definition) is 8. The van der Waals surface area contributed by atoms with E-state index in [0.717, 1.165) is 25.7 Å². The van der Waals surface area contributed by atoms with Crippen LogP contribution in [0.15, 0.2) is 17.1 Å². The zero-order valence-electron chi connectivity index (χ0n) is 13.7. The van der Waals surface area contributed by atoms with Crippen LogP contribution in [0.4, 0.5) is 10.6 Å². The lowest BCUT2D eigenvalue weighted by molar-refractivity contribution is -0.108. The molecule has 0 amide bonds. The summed E-state index contributed by atoms with van der Waals surface area (Å²) in [5.41, 5.74) is 4.90. The number of carbonyl (C=O) groups excluding carboxylic acids is 1. The van der Waals surface area contributed by atoms with Gasteiger partial charge >= 0.3 is 11.8 Å². The Balaban J connectivity index is 1.68. The van der Waals surface area contributed by atoms with Crippen LogP contribution >= 0.6 is 0 Å². The highest BCUT2D eigenvalue weighted by Gasteiger charge is 2.29. The molecule has 0 spiro atoms. The van der Waals surface area contributed by atoms with E-state index in [1.165, 1.54) is 16.8 Å². The molecule has 1 aromatic heterocycles. The Bertz CT molecular complexity index is 591. The van der Waals surface area contributed by atoms with E-state index >= 15 is 0 Å². The Morgan fingerprint density at radius 3 is 3.00 bits per heavy atom. The topological polar surface area (TPSA) is 115 Å². The van der Waals surface area contributed by atoms with Gasteiger partial charge in [-0.05, 0) is 12.5 Å². The Hall–Kier alpha value is -2.13.